The van der Waals surface area contributed by atoms with Crippen LogP contribution in [0.1, 0.15) is 24.2 Å². The van der Waals surface area contributed by atoms with Crippen molar-refractivity contribution in [3.8, 4) is 11.8 Å². The predicted octanol–water partition coefficient (Wildman–Crippen LogP) is 3.04. The maximum absolute atomic E-state index is 12.2. The Labute approximate surface area is 188 Å². The molecule has 0 aliphatic heterocycles. The van der Waals surface area contributed by atoms with Crippen molar-refractivity contribution in [2.45, 2.75) is 26.1 Å². The molecule has 0 amide bonds. The van der Waals surface area contributed by atoms with Gasteiger partial charge < -0.3 is 20.2 Å². The number of carbonyl (C=O) groups is 1. The van der Waals surface area contributed by atoms with Crippen LogP contribution in [0.3, 0.4) is 0 Å². The minimum Gasteiger partial charge on any atom is -0.478 e. The van der Waals surface area contributed by atoms with E-state index in [0.29, 0.717) is 16.2 Å². The fourth-order valence-electron chi connectivity index (χ4n) is 2.23. The normalized spacial score (nSPS) is 11.8. The van der Waals surface area contributed by atoms with Crippen LogP contribution >= 0.6 is 7.37 Å². The van der Waals surface area contributed by atoms with E-state index in [0.717, 1.165) is 0 Å². The Morgan fingerprint density at radius 2 is 1.03 bits per heavy atom. The minimum atomic E-state index is -3.40. The van der Waals surface area contributed by atoms with Gasteiger partial charge in [-0.3, -0.25) is 4.57 Å². The summed E-state index contributed by atoms with van der Waals surface area (Å²) in [5, 5.41) is 26.4. The summed E-state index contributed by atoms with van der Waals surface area (Å²) in [4.78, 5) is 20.2. The first-order valence-corrected chi connectivity index (χ1v) is 11.4. The highest BCUT2D eigenvalue weighted by molar-refractivity contribution is 7.73. The molecule has 0 aliphatic rings. The van der Waals surface area contributed by atoms with Gasteiger partial charge in [-0.25, -0.2) is 4.79 Å². The predicted molar refractivity (Wildman–Crippen MR) is 127 cm³/mol. The lowest BCUT2D eigenvalue weighted by atomic mass is 10.2. The Morgan fingerprint density at radius 3 is 1.28 bits per heavy atom. The van der Waals surface area contributed by atoms with Crippen LogP contribution in [-0.4, -0.2) is 38.4 Å². The third-order valence-electron chi connectivity index (χ3n) is 3.73. The average molecular weight is 454 g/mol. The van der Waals surface area contributed by atoms with Gasteiger partial charge >= 0.3 is 5.97 Å². The summed E-state index contributed by atoms with van der Waals surface area (Å²) >= 11 is 0. The van der Waals surface area contributed by atoms with Crippen LogP contribution in [0.15, 0.2) is 91.0 Å². The van der Waals surface area contributed by atoms with Gasteiger partial charge in [0.1, 0.15) is 12.2 Å². The molecule has 0 spiro atoms. The van der Waals surface area contributed by atoms with E-state index in [4.69, 9.17) is 15.3 Å². The molecule has 6 nitrogen and oxygen atoms in total. The molecule has 3 aromatic rings. The van der Waals surface area contributed by atoms with Crippen LogP contribution in [0.2, 0.25) is 0 Å². The molecule has 4 N–H and O–H groups in total. The van der Waals surface area contributed by atoms with Crippen molar-refractivity contribution in [1.82, 2.24) is 0 Å². The summed E-state index contributed by atoms with van der Waals surface area (Å²) in [6.45, 7) is 3.10. The maximum Gasteiger partial charge on any atom is 0.335 e. The molecule has 0 heterocycles. The minimum absolute atomic E-state index is 0.331. The van der Waals surface area contributed by atoms with Crippen molar-refractivity contribution in [3.63, 3.8) is 0 Å². The van der Waals surface area contributed by atoms with E-state index < -0.39 is 25.5 Å². The molecule has 2 unspecified atom stereocenters. The number of aliphatic hydroxyl groups is 2. The number of carboxylic acids is 1. The zero-order valence-corrected chi connectivity index (χ0v) is 18.8. The molecule has 32 heavy (non-hydrogen) atoms. The van der Waals surface area contributed by atoms with Crippen LogP contribution in [0.4, 0.5) is 0 Å². The van der Waals surface area contributed by atoms with Gasteiger partial charge in [0.2, 0.25) is 0 Å². The molecule has 0 aromatic heterocycles. The number of aliphatic hydroxyl groups excluding tert-OH is 2. The Bertz CT molecular complexity index is 984. The molecule has 0 aliphatic carbocycles. The third kappa shape index (κ3) is 10.2. The van der Waals surface area contributed by atoms with Crippen LogP contribution < -0.4 is 10.6 Å². The molecule has 3 rings (SSSR count). The lowest BCUT2D eigenvalue weighted by molar-refractivity contribution is 0.0697. The molecule has 2 atom stereocenters. The number of aromatic carboxylic acids is 1. The zero-order valence-electron chi connectivity index (χ0n) is 17.9. The van der Waals surface area contributed by atoms with Gasteiger partial charge in [-0.05, 0) is 50.2 Å². The maximum atomic E-state index is 12.2. The van der Waals surface area contributed by atoms with Crippen LogP contribution in [0.5, 0.6) is 0 Å². The molecule has 0 saturated heterocycles. The molecular weight excluding hydrogens is 427 g/mol. The number of hydrogen-bond acceptors (Lipinski definition) is 4. The smallest absolute Gasteiger partial charge is 0.335 e. The van der Waals surface area contributed by atoms with Gasteiger partial charge in [0, 0.05) is 10.6 Å². The van der Waals surface area contributed by atoms with E-state index in [-0.39, 0.29) is 0 Å². The van der Waals surface area contributed by atoms with E-state index in [2.05, 4.69) is 11.8 Å². The molecule has 168 valence electrons. The molecular formula is C25H27O6P. The molecule has 3 aromatic carbocycles. The van der Waals surface area contributed by atoms with Gasteiger partial charge in [-0.1, -0.05) is 66.4 Å². The molecule has 0 bridgehead atoms. The summed E-state index contributed by atoms with van der Waals surface area (Å²) < 4.78 is 12.2. The zero-order chi connectivity index (χ0) is 24.0. The van der Waals surface area contributed by atoms with Gasteiger partial charge in [0.15, 0.2) is 0 Å². The van der Waals surface area contributed by atoms with E-state index in [9.17, 15) is 14.3 Å². The first kappa shape index (κ1) is 26.8. The van der Waals surface area contributed by atoms with Crippen LogP contribution in [-0.2, 0) is 4.57 Å². The fraction of sp³-hybridized carbons (Fsp3) is 0.160. The molecule has 0 radical (unpaired) electrons. The number of carboxylic acid groups (broad SMARTS) is 1. The number of benzene rings is 3. The van der Waals surface area contributed by atoms with E-state index in [1.54, 1.807) is 92.7 Å². The highest BCUT2D eigenvalue weighted by Gasteiger charge is 2.22. The molecule has 0 fully saturated rings. The van der Waals surface area contributed by atoms with Gasteiger partial charge in [0.25, 0.3) is 7.37 Å². The van der Waals surface area contributed by atoms with Crippen molar-refractivity contribution in [2.75, 3.05) is 0 Å². The SMILES string of the molecule is CC(O)C#CC(C)O.O=C(O)c1ccccc1.O=P(O)(c1ccccc1)c1ccccc1. The highest BCUT2D eigenvalue weighted by Crippen LogP contribution is 2.37. The van der Waals surface area contributed by atoms with Gasteiger partial charge in [0.05, 0.1) is 5.56 Å². The van der Waals surface area contributed by atoms with E-state index >= 15 is 0 Å². The summed E-state index contributed by atoms with van der Waals surface area (Å²) in [5.74, 6) is 3.92. The lowest BCUT2D eigenvalue weighted by Crippen LogP contribution is -2.14. The monoisotopic (exact) mass is 454 g/mol. The second kappa shape index (κ2) is 14.0. The van der Waals surface area contributed by atoms with Crippen LogP contribution in [0.25, 0.3) is 0 Å². The van der Waals surface area contributed by atoms with Gasteiger partial charge in [-0.2, -0.15) is 0 Å². The van der Waals surface area contributed by atoms with Crippen molar-refractivity contribution in [1.29, 1.82) is 0 Å². The molecule has 7 heteroatoms. The van der Waals surface area contributed by atoms with Gasteiger partial charge in [-0.15, -0.1) is 0 Å². The number of hydrogen-bond donors (Lipinski definition) is 4. The Balaban J connectivity index is 0.000000260. The summed E-state index contributed by atoms with van der Waals surface area (Å²) in [7, 11) is -3.40. The topological polar surface area (TPSA) is 115 Å². The van der Waals surface area contributed by atoms with Crippen molar-refractivity contribution in [3.05, 3.63) is 96.6 Å². The largest absolute Gasteiger partial charge is 0.478 e. The third-order valence-corrected chi connectivity index (χ3v) is 5.73. The van der Waals surface area contributed by atoms with E-state index in [1.807, 2.05) is 12.1 Å². The fourth-order valence-corrected chi connectivity index (χ4v) is 3.68. The van der Waals surface area contributed by atoms with Crippen molar-refractivity contribution in [2.24, 2.45) is 0 Å². The summed E-state index contributed by atoms with van der Waals surface area (Å²) in [5.41, 5.74) is 0.331. The average Bonchev–Trinajstić information content (AvgIpc) is 2.80. The first-order chi connectivity index (χ1) is 15.1. The highest BCUT2D eigenvalue weighted by atomic mass is 31.2. The standard InChI is InChI=1S/C12H11O2P.C7H6O2.C6H10O2/c13-15(14,11-7-3-1-4-8-11)12-9-5-2-6-10-12;8-7(9)6-4-2-1-3-5-6;1-5(7)3-4-6(2)8/h1-10H,(H,13,14);1-5H,(H,8,9);5-8H,1-2H3. The summed E-state index contributed by atoms with van der Waals surface area (Å²) in [6.07, 6.45) is -1.27. The summed E-state index contributed by atoms with van der Waals surface area (Å²) in [6, 6.07) is 25.7. The Hall–Kier alpha value is -3.20. The Kier molecular flexibility index (Phi) is 11.7. The van der Waals surface area contributed by atoms with Crippen molar-refractivity contribution < 1.29 is 29.6 Å². The Morgan fingerprint density at radius 1 is 0.719 bits per heavy atom. The van der Waals surface area contributed by atoms with E-state index in [1.165, 1.54) is 0 Å². The lowest BCUT2D eigenvalue weighted by Gasteiger charge is -2.11. The van der Waals surface area contributed by atoms with Crippen LogP contribution in [0, 0.1) is 11.8 Å². The molecule has 0 saturated carbocycles. The first-order valence-electron chi connectivity index (χ1n) is 9.74. The quantitative estimate of drug-likeness (QED) is 0.357. The van der Waals surface area contributed by atoms with Crippen molar-refractivity contribution >= 4 is 23.9 Å². The second-order valence-corrected chi connectivity index (χ2v) is 8.74. The number of rotatable bonds is 3. The second-order valence-electron chi connectivity index (χ2n) is 6.56.